The maximum Gasteiger partial charge on any atom is 0.257 e. The molecule has 0 atom stereocenters. The van der Waals surface area contributed by atoms with Crippen molar-refractivity contribution in [1.29, 1.82) is 0 Å². The highest BCUT2D eigenvalue weighted by Crippen LogP contribution is 2.30. The van der Waals surface area contributed by atoms with Gasteiger partial charge in [-0.2, -0.15) is 0 Å². The zero-order valence-corrected chi connectivity index (χ0v) is 34.8. The van der Waals surface area contributed by atoms with Crippen LogP contribution in [0.5, 0.6) is 23.3 Å². The third kappa shape index (κ3) is 13.5. The molecule has 2 aromatic heterocycles. The predicted octanol–water partition coefficient (Wildman–Crippen LogP) is 8.06. The van der Waals surface area contributed by atoms with Gasteiger partial charge in [0.25, 0.3) is 11.8 Å². The molecule has 0 spiro atoms. The van der Waals surface area contributed by atoms with E-state index in [0.717, 1.165) is 72.8 Å². The van der Waals surface area contributed by atoms with E-state index in [0.29, 0.717) is 24.3 Å². The van der Waals surface area contributed by atoms with Crippen molar-refractivity contribution in [3.05, 3.63) is 95.8 Å². The van der Waals surface area contributed by atoms with E-state index in [-0.39, 0.29) is 65.5 Å². The van der Waals surface area contributed by atoms with Gasteiger partial charge >= 0.3 is 0 Å². The van der Waals surface area contributed by atoms with Crippen molar-refractivity contribution in [3.63, 3.8) is 0 Å². The Kier molecular flexibility index (Phi) is 17.4. The Morgan fingerprint density at radius 1 is 0.672 bits per heavy atom. The second-order valence-electron chi connectivity index (χ2n) is 13.7. The molecule has 0 radical (unpaired) electrons. The number of carbonyl (C=O) groups is 3. The number of rotatable bonds is 14. The van der Waals surface area contributed by atoms with E-state index in [9.17, 15) is 23.2 Å². The number of thioether (sulfide) groups is 2. The molecule has 4 N–H and O–H groups in total. The van der Waals surface area contributed by atoms with Gasteiger partial charge in [0.15, 0.2) is 0 Å². The number of hydrogen-bond acceptors (Lipinski definition) is 11. The van der Waals surface area contributed by atoms with Crippen LogP contribution in [0.1, 0.15) is 72.1 Å². The van der Waals surface area contributed by atoms with Gasteiger partial charge in [-0.1, -0.05) is 12.1 Å². The average molecular weight is 857 g/mol. The highest BCUT2D eigenvalue weighted by atomic mass is 35.5. The number of methoxy groups -OCH3 is 1. The van der Waals surface area contributed by atoms with Crippen molar-refractivity contribution in [3.8, 4) is 23.3 Å². The molecule has 2 fully saturated rings. The zero-order chi connectivity index (χ0) is 41.4. The first-order valence-corrected chi connectivity index (χ1v) is 21.6. The van der Waals surface area contributed by atoms with E-state index >= 15 is 0 Å². The molecule has 3 amide bonds. The summed E-state index contributed by atoms with van der Waals surface area (Å²) in [5, 5.41) is 8.82. The van der Waals surface area contributed by atoms with Crippen LogP contribution < -0.4 is 30.3 Å². The molecule has 2 aliphatic carbocycles. The summed E-state index contributed by atoms with van der Waals surface area (Å²) < 4.78 is 43.9. The second-order valence-corrected chi connectivity index (χ2v) is 15.7. The van der Waals surface area contributed by atoms with Gasteiger partial charge in [-0.15, -0.1) is 23.5 Å². The van der Waals surface area contributed by atoms with E-state index in [1.165, 1.54) is 7.11 Å². The standard InChI is InChI=1S/C22H26FN3O4S.C19H21ClFN3O2S/c1-29-13-20(27)25-15-6-8-16(9-7-15)26-21(28)19-10-14(23)12-24-22(19)30-17-4-3-5-18(11-17)31-2;1-27-16-4-2-3-15(10-16)26-19-17(9-12(21)11-22-19)18(25)23-13-5-7-14(24-20)8-6-13/h3-5,10-12,15-16H,6-9,13H2,1-2H3,(H,25,27)(H,26,28);2-4,9-11,13-14,24H,5-8H2,1H3,(H,23,25). The second kappa shape index (κ2) is 22.6. The van der Waals surface area contributed by atoms with Crippen molar-refractivity contribution >= 4 is 53.0 Å². The first-order valence-electron chi connectivity index (χ1n) is 18.8. The number of aromatic nitrogens is 2. The third-order valence-electron chi connectivity index (χ3n) is 9.56. The lowest BCUT2D eigenvalue weighted by molar-refractivity contribution is -0.125. The molecule has 58 heavy (non-hydrogen) atoms. The zero-order valence-electron chi connectivity index (χ0n) is 32.4. The van der Waals surface area contributed by atoms with Crippen LogP contribution in [0.25, 0.3) is 0 Å². The summed E-state index contributed by atoms with van der Waals surface area (Å²) >= 11 is 8.80. The Balaban J connectivity index is 0.000000223. The van der Waals surface area contributed by atoms with Crippen LogP contribution in [0.2, 0.25) is 0 Å². The molecule has 12 nitrogen and oxygen atoms in total. The molecule has 2 aromatic carbocycles. The summed E-state index contributed by atoms with van der Waals surface area (Å²) in [4.78, 5) is 49.9. The molecule has 2 heterocycles. The fourth-order valence-corrected chi connectivity index (χ4v) is 7.67. The molecule has 0 saturated heterocycles. The van der Waals surface area contributed by atoms with Crippen LogP contribution in [0.4, 0.5) is 8.78 Å². The van der Waals surface area contributed by atoms with Crippen LogP contribution in [-0.4, -0.2) is 78.1 Å². The first kappa shape index (κ1) is 44.6. The summed E-state index contributed by atoms with van der Waals surface area (Å²) in [6.45, 7) is 0.0336. The fourth-order valence-electron chi connectivity index (χ4n) is 6.55. The molecule has 2 aliphatic rings. The summed E-state index contributed by atoms with van der Waals surface area (Å²) in [7, 11) is 1.48. The highest BCUT2D eigenvalue weighted by molar-refractivity contribution is 7.98. The maximum absolute atomic E-state index is 13.8. The largest absolute Gasteiger partial charge is 0.438 e. The van der Waals surface area contributed by atoms with E-state index in [1.807, 2.05) is 48.9 Å². The molecule has 0 aliphatic heterocycles. The lowest BCUT2D eigenvalue weighted by Crippen LogP contribution is -2.44. The molecule has 4 aromatic rings. The molecule has 17 heteroatoms. The number of pyridine rings is 2. The number of ether oxygens (including phenoxy) is 3. The van der Waals surface area contributed by atoms with Gasteiger partial charge in [-0.05, 0) is 124 Å². The molecular weight excluding hydrogens is 810 g/mol. The summed E-state index contributed by atoms with van der Waals surface area (Å²) in [5.41, 5.74) is 0.132. The minimum absolute atomic E-state index is 0.0229. The molecule has 2 saturated carbocycles. The number of amides is 3. The highest BCUT2D eigenvalue weighted by Gasteiger charge is 2.27. The topological polar surface area (TPSA) is 153 Å². The van der Waals surface area contributed by atoms with Crippen molar-refractivity contribution in [2.45, 2.75) is 85.3 Å². The number of benzene rings is 2. The third-order valence-corrected chi connectivity index (χ3v) is 11.3. The Labute approximate surface area is 350 Å². The number of nitrogens with zero attached hydrogens (tertiary/aromatic N) is 2. The van der Waals surface area contributed by atoms with E-state index < -0.39 is 17.5 Å². The van der Waals surface area contributed by atoms with Gasteiger partial charge in [0.2, 0.25) is 17.7 Å². The van der Waals surface area contributed by atoms with Crippen LogP contribution in [0.15, 0.2) is 82.8 Å². The SMILES string of the molecule is COCC(=O)NC1CCC(NC(=O)c2cc(F)cnc2Oc2cccc(SC)c2)CC1.CSc1cccc(Oc2ncc(F)cc2C(=O)NC2CCC(NCl)CC2)c1. The quantitative estimate of drug-likeness (QED) is 0.0720. The van der Waals surface area contributed by atoms with Crippen molar-refractivity contribution < 1.29 is 37.4 Å². The number of carbonyl (C=O) groups excluding carboxylic acids is 3. The van der Waals surface area contributed by atoms with Crippen LogP contribution in [0, 0.1) is 11.6 Å². The smallest absolute Gasteiger partial charge is 0.257 e. The minimum atomic E-state index is -0.611. The maximum atomic E-state index is 13.8. The minimum Gasteiger partial charge on any atom is -0.438 e. The van der Waals surface area contributed by atoms with Crippen molar-refractivity contribution in [1.82, 2.24) is 30.8 Å². The molecule has 310 valence electrons. The Hall–Kier alpha value is -4.48. The lowest BCUT2D eigenvalue weighted by atomic mass is 9.91. The monoisotopic (exact) mass is 856 g/mol. The van der Waals surface area contributed by atoms with Crippen LogP contribution in [-0.2, 0) is 9.53 Å². The van der Waals surface area contributed by atoms with E-state index in [1.54, 1.807) is 35.7 Å². The summed E-state index contributed by atoms with van der Waals surface area (Å²) in [5.74, 6) is -0.958. The molecule has 0 bridgehead atoms. The normalized spacial score (nSPS) is 18.9. The van der Waals surface area contributed by atoms with Gasteiger partial charge in [0.1, 0.15) is 40.9 Å². The van der Waals surface area contributed by atoms with Crippen LogP contribution >= 0.6 is 35.3 Å². The van der Waals surface area contributed by atoms with E-state index in [2.05, 4.69) is 30.8 Å². The molecule has 6 rings (SSSR count). The summed E-state index contributed by atoms with van der Waals surface area (Å²) in [6.07, 6.45) is 12.3. The fraction of sp³-hybridized carbons (Fsp3) is 0.390. The average Bonchev–Trinajstić information content (AvgIpc) is 3.23. The number of hydrogen-bond donors (Lipinski definition) is 4. The van der Waals surface area contributed by atoms with Gasteiger partial charge in [-0.3, -0.25) is 14.4 Å². The van der Waals surface area contributed by atoms with Gasteiger partial charge in [0, 0.05) is 41.1 Å². The summed E-state index contributed by atoms with van der Waals surface area (Å²) in [6, 6.07) is 17.4. The Bertz CT molecular complexity index is 2000. The van der Waals surface area contributed by atoms with Gasteiger partial charge in [0.05, 0.1) is 12.4 Å². The Morgan fingerprint density at radius 2 is 1.09 bits per heavy atom. The van der Waals surface area contributed by atoms with Gasteiger partial charge < -0.3 is 30.2 Å². The molecule has 0 unspecified atom stereocenters. The van der Waals surface area contributed by atoms with E-state index in [4.69, 9.17) is 26.0 Å². The van der Waals surface area contributed by atoms with Crippen molar-refractivity contribution in [2.75, 3.05) is 26.2 Å². The number of nitrogens with one attached hydrogen (secondary N) is 4. The van der Waals surface area contributed by atoms with Gasteiger partial charge in [-0.25, -0.2) is 23.6 Å². The first-order chi connectivity index (χ1) is 28.1. The Morgan fingerprint density at radius 3 is 1.48 bits per heavy atom. The molecular formula is C41H47ClF2N6O6S2. The number of halogens is 3. The van der Waals surface area contributed by atoms with Crippen molar-refractivity contribution in [2.24, 2.45) is 0 Å². The van der Waals surface area contributed by atoms with Crippen LogP contribution in [0.3, 0.4) is 0 Å². The lowest BCUT2D eigenvalue weighted by Gasteiger charge is -2.29. The predicted molar refractivity (Wildman–Crippen MR) is 221 cm³/mol.